The average Bonchev–Trinajstić information content (AvgIpc) is 1.81. The second kappa shape index (κ2) is 4.33. The molecule has 0 bridgehead atoms. The van der Waals surface area contributed by atoms with Gasteiger partial charge in [0, 0.05) is 12.4 Å². The van der Waals surface area contributed by atoms with E-state index in [9.17, 15) is 34.2 Å². The van der Waals surface area contributed by atoms with E-state index in [1.165, 1.54) is 0 Å². The standard InChI is InChI=1S/C4H7O8P/c5-3(6)1-2(4(7)8)12-13(9,10)11/h2H,1H2,(H,5,6)(H,7,8)(H2,9,10,11)/p-4. The summed E-state index contributed by atoms with van der Waals surface area (Å²) in [5, 5.41) is 19.8. The summed E-state index contributed by atoms with van der Waals surface area (Å²) in [5.74, 6) is -3.99. The van der Waals surface area contributed by atoms with Crippen molar-refractivity contribution >= 4 is 19.8 Å². The predicted octanol–water partition coefficient (Wildman–Crippen LogP) is -4.91. The van der Waals surface area contributed by atoms with Crippen LogP contribution >= 0.6 is 7.82 Å². The molecule has 0 N–H and O–H groups in total. The molecule has 0 aliphatic heterocycles. The molecular formula is C4H3O8P-4. The topological polar surface area (TPSA) is 153 Å². The highest BCUT2D eigenvalue weighted by atomic mass is 31.2. The number of rotatable bonds is 5. The lowest BCUT2D eigenvalue weighted by Crippen LogP contribution is -2.42. The Hall–Kier alpha value is -0.950. The highest BCUT2D eigenvalue weighted by molar-refractivity contribution is 7.43. The van der Waals surface area contributed by atoms with Crippen molar-refractivity contribution in [3.05, 3.63) is 0 Å². The lowest BCUT2D eigenvalue weighted by Gasteiger charge is -2.33. The molecule has 0 fully saturated rings. The Morgan fingerprint density at radius 3 is 2.00 bits per heavy atom. The summed E-state index contributed by atoms with van der Waals surface area (Å²) in [7, 11) is -5.54. The largest absolute Gasteiger partial charge is 0.790 e. The van der Waals surface area contributed by atoms with Gasteiger partial charge in [-0.2, -0.15) is 0 Å². The first-order valence-corrected chi connectivity index (χ1v) is 4.29. The zero-order valence-electron chi connectivity index (χ0n) is 6.00. The maximum atomic E-state index is 9.99. The van der Waals surface area contributed by atoms with Gasteiger partial charge in [0.15, 0.2) is 0 Å². The first-order chi connectivity index (χ1) is 5.72. The molecule has 76 valence electrons. The number of phosphoric acid groups is 1. The molecule has 0 rings (SSSR count). The van der Waals surface area contributed by atoms with E-state index >= 15 is 0 Å². The molecule has 0 saturated heterocycles. The van der Waals surface area contributed by atoms with Gasteiger partial charge in [-0.3, -0.25) is 0 Å². The van der Waals surface area contributed by atoms with Crippen LogP contribution in [0.15, 0.2) is 0 Å². The minimum Gasteiger partial charge on any atom is -0.790 e. The molecule has 0 aromatic rings. The van der Waals surface area contributed by atoms with E-state index in [4.69, 9.17) is 0 Å². The fraction of sp³-hybridized carbons (Fsp3) is 0.500. The quantitative estimate of drug-likeness (QED) is 0.409. The minimum absolute atomic E-state index is 1.27. The van der Waals surface area contributed by atoms with Crippen molar-refractivity contribution in [2.24, 2.45) is 0 Å². The van der Waals surface area contributed by atoms with Crippen molar-refractivity contribution < 1.29 is 38.7 Å². The van der Waals surface area contributed by atoms with Crippen molar-refractivity contribution in [3.8, 4) is 0 Å². The Morgan fingerprint density at radius 1 is 1.31 bits per heavy atom. The Bertz CT molecular complexity index is 253. The lowest BCUT2D eigenvalue weighted by atomic mass is 10.3. The summed E-state index contributed by atoms with van der Waals surface area (Å²) in [6.45, 7) is 0. The third-order valence-electron chi connectivity index (χ3n) is 0.871. The van der Waals surface area contributed by atoms with Crippen molar-refractivity contribution in [2.45, 2.75) is 12.5 Å². The molecule has 1 atom stereocenters. The van der Waals surface area contributed by atoms with Crippen molar-refractivity contribution in [1.82, 2.24) is 0 Å². The summed E-state index contributed by atoms with van der Waals surface area (Å²) in [6.07, 6.45) is -3.61. The maximum absolute atomic E-state index is 9.99. The highest BCUT2D eigenvalue weighted by Gasteiger charge is 2.12. The van der Waals surface area contributed by atoms with Crippen LogP contribution in [0.4, 0.5) is 0 Å². The van der Waals surface area contributed by atoms with Crippen LogP contribution in [0.2, 0.25) is 0 Å². The number of hydrogen-bond acceptors (Lipinski definition) is 8. The normalized spacial score (nSPS) is 13.7. The van der Waals surface area contributed by atoms with E-state index in [0.717, 1.165) is 0 Å². The van der Waals surface area contributed by atoms with Gasteiger partial charge < -0.3 is 38.7 Å². The lowest BCUT2D eigenvalue weighted by molar-refractivity contribution is -0.355. The van der Waals surface area contributed by atoms with Gasteiger partial charge in [0.25, 0.3) is 0 Å². The number of carbonyl (C=O) groups excluding carboxylic acids is 2. The number of carbonyl (C=O) groups is 2. The van der Waals surface area contributed by atoms with Crippen LogP contribution in [0.1, 0.15) is 6.42 Å². The Labute approximate surface area is 72.0 Å². The van der Waals surface area contributed by atoms with Crippen LogP contribution in [0.25, 0.3) is 0 Å². The average molecular weight is 210 g/mol. The van der Waals surface area contributed by atoms with E-state index in [-0.39, 0.29) is 0 Å². The van der Waals surface area contributed by atoms with Gasteiger partial charge in [0.2, 0.25) is 0 Å². The van der Waals surface area contributed by atoms with Crippen LogP contribution in [0, 0.1) is 0 Å². The van der Waals surface area contributed by atoms with Crippen LogP contribution in [0.5, 0.6) is 0 Å². The van der Waals surface area contributed by atoms with E-state index in [0.29, 0.717) is 0 Å². The first-order valence-electron chi connectivity index (χ1n) is 2.83. The third kappa shape index (κ3) is 6.23. The molecule has 0 amide bonds. The van der Waals surface area contributed by atoms with E-state index < -0.39 is 32.3 Å². The molecule has 0 aromatic heterocycles. The summed E-state index contributed by atoms with van der Waals surface area (Å²) in [5.41, 5.74) is 0. The van der Waals surface area contributed by atoms with Gasteiger partial charge in [-0.05, 0) is 0 Å². The van der Waals surface area contributed by atoms with Crippen molar-refractivity contribution in [2.75, 3.05) is 0 Å². The van der Waals surface area contributed by atoms with Gasteiger partial charge in [0.1, 0.15) is 6.10 Å². The van der Waals surface area contributed by atoms with Crippen LogP contribution in [-0.2, 0) is 18.7 Å². The van der Waals surface area contributed by atoms with E-state index in [1.54, 1.807) is 0 Å². The predicted molar refractivity (Wildman–Crippen MR) is 27.1 cm³/mol. The molecule has 0 aromatic carbocycles. The SMILES string of the molecule is O=C([O-])CC(OP(=O)([O-])[O-])C(=O)[O-]. The summed E-state index contributed by atoms with van der Waals surface area (Å²) in [6, 6.07) is 0. The number of phosphoric ester groups is 1. The Kier molecular flexibility index (Phi) is 4.02. The summed E-state index contributed by atoms with van der Waals surface area (Å²) >= 11 is 0. The molecule has 13 heavy (non-hydrogen) atoms. The van der Waals surface area contributed by atoms with Gasteiger partial charge in [-0.1, -0.05) is 0 Å². The fourth-order valence-electron chi connectivity index (χ4n) is 0.471. The molecule has 1 unspecified atom stereocenters. The van der Waals surface area contributed by atoms with Crippen LogP contribution < -0.4 is 20.0 Å². The third-order valence-corrected chi connectivity index (χ3v) is 1.38. The van der Waals surface area contributed by atoms with Gasteiger partial charge in [-0.15, -0.1) is 0 Å². The number of carboxylic acids is 2. The number of aliphatic carboxylic acids is 2. The first kappa shape index (κ1) is 12.0. The zero-order valence-corrected chi connectivity index (χ0v) is 6.89. The highest BCUT2D eigenvalue weighted by Crippen LogP contribution is 2.27. The van der Waals surface area contributed by atoms with Crippen molar-refractivity contribution in [1.29, 1.82) is 0 Å². The van der Waals surface area contributed by atoms with E-state index in [2.05, 4.69) is 4.52 Å². The molecule has 8 nitrogen and oxygen atoms in total. The number of hydrogen-bond donors (Lipinski definition) is 0. The van der Waals surface area contributed by atoms with Gasteiger partial charge in [-0.25, -0.2) is 0 Å². The summed E-state index contributed by atoms with van der Waals surface area (Å²) in [4.78, 5) is 39.6. The fourth-order valence-corrected chi connectivity index (χ4v) is 0.943. The molecule has 0 aliphatic carbocycles. The monoisotopic (exact) mass is 210 g/mol. The van der Waals surface area contributed by atoms with Crippen LogP contribution in [0.3, 0.4) is 0 Å². The van der Waals surface area contributed by atoms with Crippen LogP contribution in [-0.4, -0.2) is 18.0 Å². The van der Waals surface area contributed by atoms with Gasteiger partial charge >= 0.3 is 0 Å². The second-order valence-electron chi connectivity index (χ2n) is 1.94. The molecule has 9 heteroatoms. The molecule has 0 radical (unpaired) electrons. The Balaban J connectivity index is 4.36. The molecular weight excluding hydrogens is 207 g/mol. The summed E-state index contributed by atoms with van der Waals surface area (Å²) < 4.78 is 13.2. The number of carboxylic acid groups (broad SMARTS) is 2. The molecule has 0 heterocycles. The molecule has 0 spiro atoms. The van der Waals surface area contributed by atoms with E-state index in [1.807, 2.05) is 0 Å². The second-order valence-corrected chi connectivity index (χ2v) is 3.04. The molecule has 0 aliphatic rings. The zero-order chi connectivity index (χ0) is 10.6. The Morgan fingerprint density at radius 2 is 1.77 bits per heavy atom. The maximum Gasteiger partial charge on any atom is 0.107 e. The van der Waals surface area contributed by atoms with Gasteiger partial charge in [0.05, 0.1) is 13.8 Å². The van der Waals surface area contributed by atoms with Crippen molar-refractivity contribution in [3.63, 3.8) is 0 Å². The smallest absolute Gasteiger partial charge is 0.107 e. The minimum atomic E-state index is -5.54. The molecule has 0 saturated carbocycles.